The second kappa shape index (κ2) is 11.4. The van der Waals surface area contributed by atoms with Gasteiger partial charge in [0.1, 0.15) is 6.29 Å². The molecule has 0 aliphatic carbocycles. The molecule has 0 aliphatic rings. The minimum Gasteiger partial charge on any atom is -0.378 e. The van der Waals surface area contributed by atoms with Crippen LogP contribution in [0.2, 0.25) is 0 Å². The van der Waals surface area contributed by atoms with E-state index >= 15 is 0 Å². The third-order valence-electron chi connectivity index (χ3n) is 5.60. The molecule has 0 heterocycles. The number of carbonyl (C=O) groups is 1. The fourth-order valence-electron chi connectivity index (χ4n) is 3.74. The van der Waals surface area contributed by atoms with E-state index < -0.39 is 15.6 Å². The first-order valence-electron chi connectivity index (χ1n) is 11.1. The Morgan fingerprint density at radius 2 is 1.58 bits per heavy atom. The molecule has 2 rings (SSSR count). The molecular weight excluding hydrogens is 408 g/mol. The van der Waals surface area contributed by atoms with Gasteiger partial charge in [0.15, 0.2) is 0 Å². The second-order valence-corrected chi connectivity index (χ2v) is 10.1. The summed E-state index contributed by atoms with van der Waals surface area (Å²) < 4.78 is 29.9. The Bertz CT molecular complexity index is 932. The Morgan fingerprint density at radius 3 is 2.10 bits per heavy atom. The van der Waals surface area contributed by atoms with Crippen molar-refractivity contribution in [3.05, 3.63) is 59.7 Å². The van der Waals surface area contributed by atoms with Crippen molar-refractivity contribution in [2.24, 2.45) is 0 Å². The summed E-state index contributed by atoms with van der Waals surface area (Å²) in [7, 11) is -0.0208. The Labute approximate surface area is 187 Å². The molecule has 0 radical (unpaired) electrons. The van der Waals surface area contributed by atoms with E-state index in [4.69, 9.17) is 0 Å². The quantitative estimate of drug-likeness (QED) is 0.444. The summed E-state index contributed by atoms with van der Waals surface area (Å²) in [5.74, 6) is 0. The molecular formula is C25H36N2O3S. The van der Waals surface area contributed by atoms with Crippen LogP contribution in [-0.2, 0) is 21.2 Å². The van der Waals surface area contributed by atoms with Gasteiger partial charge in [0, 0.05) is 19.8 Å². The topological polar surface area (TPSA) is 66.5 Å². The van der Waals surface area contributed by atoms with Crippen LogP contribution >= 0.6 is 0 Å². The first-order chi connectivity index (χ1) is 14.8. The summed E-state index contributed by atoms with van der Waals surface area (Å²) in [5.41, 5.74) is 1.63. The lowest BCUT2D eigenvalue weighted by Crippen LogP contribution is -2.50. The normalized spacial score (nSPS) is 12.0. The fourth-order valence-corrected chi connectivity index (χ4v) is 5.36. The molecule has 1 N–H and O–H groups in total. The monoisotopic (exact) mass is 444 g/mol. The highest BCUT2D eigenvalue weighted by Gasteiger charge is 2.35. The molecule has 0 saturated heterocycles. The highest BCUT2D eigenvalue weighted by molar-refractivity contribution is 7.89. The van der Waals surface area contributed by atoms with Crippen LogP contribution in [0.15, 0.2) is 53.4 Å². The average Bonchev–Trinajstić information content (AvgIpc) is 2.76. The van der Waals surface area contributed by atoms with E-state index in [1.807, 2.05) is 75.3 Å². The zero-order chi connectivity index (χ0) is 22.9. The average molecular weight is 445 g/mol. The number of carbonyl (C=O) groups excluding carboxylic acids is 1. The summed E-state index contributed by atoms with van der Waals surface area (Å²) in [6, 6.07) is 15.2. The van der Waals surface area contributed by atoms with Gasteiger partial charge in [-0.25, -0.2) is 8.42 Å². The standard InChI is InChI=1S/C25H36N2O3S/c1-5-7-16-25(20-28,17-8-6-2)26-31(29,30)24-15-14-23(27(3)4)19-22(24)18-21-12-10-9-11-13-21/h9-15,19-20,26H,5-8,16-18H2,1-4H3. The van der Waals surface area contributed by atoms with Crippen molar-refractivity contribution in [1.29, 1.82) is 0 Å². The van der Waals surface area contributed by atoms with Crippen LogP contribution in [-0.4, -0.2) is 34.3 Å². The highest BCUT2D eigenvalue weighted by atomic mass is 32.2. The molecule has 0 aliphatic heterocycles. The van der Waals surface area contributed by atoms with Crippen LogP contribution in [0.4, 0.5) is 5.69 Å². The number of sulfonamides is 1. The highest BCUT2D eigenvalue weighted by Crippen LogP contribution is 2.28. The minimum absolute atomic E-state index is 0.237. The molecule has 2 aromatic rings. The van der Waals surface area contributed by atoms with Crippen LogP contribution in [0.3, 0.4) is 0 Å². The van der Waals surface area contributed by atoms with Crippen LogP contribution in [0.25, 0.3) is 0 Å². The molecule has 0 atom stereocenters. The predicted molar refractivity (Wildman–Crippen MR) is 128 cm³/mol. The van der Waals surface area contributed by atoms with Crippen molar-refractivity contribution in [1.82, 2.24) is 4.72 Å². The van der Waals surface area contributed by atoms with Gasteiger partial charge in [0.2, 0.25) is 10.0 Å². The lowest BCUT2D eigenvalue weighted by atomic mass is 9.90. The van der Waals surface area contributed by atoms with Crippen LogP contribution < -0.4 is 9.62 Å². The molecule has 0 aromatic heterocycles. The van der Waals surface area contributed by atoms with Gasteiger partial charge in [-0.1, -0.05) is 69.9 Å². The van der Waals surface area contributed by atoms with E-state index in [2.05, 4.69) is 4.72 Å². The van der Waals surface area contributed by atoms with E-state index in [9.17, 15) is 13.2 Å². The number of rotatable bonds is 13. The van der Waals surface area contributed by atoms with Gasteiger partial charge in [-0.3, -0.25) is 0 Å². The van der Waals surface area contributed by atoms with Crippen LogP contribution in [0, 0.1) is 0 Å². The summed E-state index contributed by atoms with van der Waals surface area (Å²) in [5, 5.41) is 0. The molecule has 0 bridgehead atoms. The Morgan fingerprint density at radius 1 is 0.968 bits per heavy atom. The van der Waals surface area contributed by atoms with Crippen molar-refractivity contribution in [2.45, 2.75) is 69.2 Å². The smallest absolute Gasteiger partial charge is 0.241 e. The van der Waals surface area contributed by atoms with E-state index in [0.717, 1.165) is 48.8 Å². The van der Waals surface area contributed by atoms with E-state index in [1.54, 1.807) is 6.07 Å². The van der Waals surface area contributed by atoms with E-state index in [1.165, 1.54) is 0 Å². The second-order valence-electron chi connectivity index (χ2n) is 8.44. The van der Waals surface area contributed by atoms with Gasteiger partial charge in [-0.05, 0) is 48.6 Å². The third kappa shape index (κ3) is 6.91. The maximum atomic E-state index is 13.5. The molecule has 0 unspecified atom stereocenters. The first-order valence-corrected chi connectivity index (χ1v) is 12.6. The van der Waals surface area contributed by atoms with Gasteiger partial charge in [0.25, 0.3) is 0 Å². The maximum absolute atomic E-state index is 13.5. The van der Waals surface area contributed by atoms with Gasteiger partial charge in [-0.15, -0.1) is 0 Å². The van der Waals surface area contributed by atoms with Crippen molar-refractivity contribution in [3.63, 3.8) is 0 Å². The number of benzene rings is 2. The number of nitrogens with one attached hydrogen (secondary N) is 1. The number of hydrogen-bond acceptors (Lipinski definition) is 4. The molecule has 0 amide bonds. The van der Waals surface area contributed by atoms with E-state index in [-0.39, 0.29) is 4.90 Å². The molecule has 0 fully saturated rings. The predicted octanol–water partition coefficient (Wildman–Crippen LogP) is 4.94. The first kappa shape index (κ1) is 25.1. The van der Waals surface area contributed by atoms with Gasteiger partial charge >= 0.3 is 0 Å². The van der Waals surface area contributed by atoms with Crippen molar-refractivity contribution in [2.75, 3.05) is 19.0 Å². The largest absolute Gasteiger partial charge is 0.378 e. The van der Waals surface area contributed by atoms with Crippen molar-refractivity contribution >= 4 is 22.0 Å². The lowest BCUT2D eigenvalue weighted by molar-refractivity contribution is -0.113. The molecule has 5 nitrogen and oxygen atoms in total. The Kier molecular flexibility index (Phi) is 9.26. The lowest BCUT2D eigenvalue weighted by Gasteiger charge is -2.29. The zero-order valence-corrected chi connectivity index (χ0v) is 20.0. The number of unbranched alkanes of at least 4 members (excludes halogenated alkanes) is 2. The summed E-state index contributed by atoms with van der Waals surface area (Å²) >= 11 is 0. The number of aldehydes is 1. The molecule has 2 aromatic carbocycles. The number of hydrogen-bond donors (Lipinski definition) is 1. The summed E-state index contributed by atoms with van der Waals surface area (Å²) in [6.45, 7) is 4.09. The van der Waals surface area contributed by atoms with Gasteiger partial charge in [-0.2, -0.15) is 4.72 Å². The minimum atomic E-state index is -3.88. The number of anilines is 1. The summed E-state index contributed by atoms with van der Waals surface area (Å²) in [4.78, 5) is 14.3. The fraction of sp³-hybridized carbons (Fsp3) is 0.480. The maximum Gasteiger partial charge on any atom is 0.241 e. The van der Waals surface area contributed by atoms with Crippen molar-refractivity contribution < 1.29 is 13.2 Å². The van der Waals surface area contributed by atoms with Gasteiger partial charge in [0.05, 0.1) is 10.4 Å². The Hall–Kier alpha value is -2.18. The van der Waals surface area contributed by atoms with Gasteiger partial charge < -0.3 is 9.69 Å². The van der Waals surface area contributed by atoms with Crippen LogP contribution in [0.1, 0.15) is 63.5 Å². The molecule has 170 valence electrons. The summed E-state index contributed by atoms with van der Waals surface area (Å²) in [6.07, 6.45) is 5.72. The molecule has 0 spiro atoms. The molecule has 6 heteroatoms. The third-order valence-corrected chi connectivity index (χ3v) is 7.26. The van der Waals surface area contributed by atoms with E-state index in [0.29, 0.717) is 19.3 Å². The molecule has 0 saturated carbocycles. The molecule has 31 heavy (non-hydrogen) atoms. The SMILES string of the molecule is CCCCC(C=O)(CCCC)NS(=O)(=O)c1ccc(N(C)C)cc1Cc1ccccc1. The van der Waals surface area contributed by atoms with Crippen LogP contribution in [0.5, 0.6) is 0 Å². The van der Waals surface area contributed by atoms with Crippen molar-refractivity contribution in [3.8, 4) is 0 Å². The number of nitrogens with zero attached hydrogens (tertiary/aromatic N) is 1. The Balaban J connectivity index is 2.48. The zero-order valence-electron chi connectivity index (χ0n) is 19.2.